The van der Waals surface area contributed by atoms with Crippen molar-refractivity contribution in [3.63, 3.8) is 0 Å². The van der Waals surface area contributed by atoms with Gasteiger partial charge in [-0.05, 0) is 31.4 Å². The minimum atomic E-state index is -0.260. The van der Waals surface area contributed by atoms with Gasteiger partial charge in [-0.1, -0.05) is 24.6 Å². The van der Waals surface area contributed by atoms with Gasteiger partial charge in [0.15, 0.2) is 0 Å². The van der Waals surface area contributed by atoms with E-state index >= 15 is 0 Å². The van der Waals surface area contributed by atoms with Gasteiger partial charge in [0.2, 0.25) is 0 Å². The molecule has 5 heteroatoms. The number of aliphatic hydroxyl groups excluding tert-OH is 1. The number of hydrogen-bond acceptors (Lipinski definition) is 3. The normalized spacial score (nSPS) is 20.3. The van der Waals surface area contributed by atoms with Crippen molar-refractivity contribution < 1.29 is 9.90 Å². The third kappa shape index (κ3) is 4.61. The topological polar surface area (TPSA) is 55.8 Å². The van der Waals surface area contributed by atoms with E-state index in [0.717, 1.165) is 37.1 Å². The van der Waals surface area contributed by atoms with Crippen molar-refractivity contribution in [3.8, 4) is 0 Å². The third-order valence-electron chi connectivity index (χ3n) is 4.78. The van der Waals surface area contributed by atoms with Gasteiger partial charge in [0.05, 0.1) is 6.10 Å². The van der Waals surface area contributed by atoms with Gasteiger partial charge in [0, 0.05) is 45.3 Å². The van der Waals surface area contributed by atoms with E-state index in [0.29, 0.717) is 13.1 Å². The number of amides is 2. The first-order valence-electron chi connectivity index (χ1n) is 8.49. The third-order valence-corrected chi connectivity index (χ3v) is 4.78. The lowest BCUT2D eigenvalue weighted by atomic mass is 10.1. The summed E-state index contributed by atoms with van der Waals surface area (Å²) in [5.41, 5.74) is 2.25. The van der Waals surface area contributed by atoms with E-state index < -0.39 is 0 Å². The monoisotopic (exact) mass is 319 g/mol. The highest BCUT2D eigenvalue weighted by atomic mass is 16.3. The SMILES string of the molecule is CCN(C)c1ccccc1CNC(=O)N(C)C[C@@H]1CCC[C@H]1O. The molecule has 0 aromatic heterocycles. The Morgan fingerprint density at radius 2 is 2.04 bits per heavy atom. The average Bonchev–Trinajstić information content (AvgIpc) is 2.97. The van der Waals surface area contributed by atoms with Gasteiger partial charge in [-0.15, -0.1) is 0 Å². The van der Waals surface area contributed by atoms with E-state index in [4.69, 9.17) is 0 Å². The molecule has 2 amide bonds. The molecule has 2 rings (SSSR count). The Labute approximate surface area is 139 Å². The molecule has 0 unspecified atom stereocenters. The molecule has 128 valence electrons. The minimum absolute atomic E-state index is 0.0851. The summed E-state index contributed by atoms with van der Waals surface area (Å²) < 4.78 is 0. The Bertz CT molecular complexity index is 521. The molecule has 0 spiro atoms. The summed E-state index contributed by atoms with van der Waals surface area (Å²) in [7, 11) is 3.85. The number of nitrogens with one attached hydrogen (secondary N) is 1. The van der Waals surface area contributed by atoms with Crippen LogP contribution in [0.4, 0.5) is 10.5 Å². The van der Waals surface area contributed by atoms with Gasteiger partial charge < -0.3 is 20.2 Å². The maximum atomic E-state index is 12.3. The van der Waals surface area contributed by atoms with Crippen LogP contribution in [0.5, 0.6) is 0 Å². The number of urea groups is 1. The van der Waals surface area contributed by atoms with E-state index in [1.165, 1.54) is 0 Å². The second-order valence-corrected chi connectivity index (χ2v) is 6.44. The van der Waals surface area contributed by atoms with Gasteiger partial charge in [-0.3, -0.25) is 0 Å². The first-order chi connectivity index (χ1) is 11.0. The molecule has 1 aromatic carbocycles. The van der Waals surface area contributed by atoms with E-state index in [1.807, 2.05) is 25.2 Å². The molecule has 2 N–H and O–H groups in total. The van der Waals surface area contributed by atoms with Crippen molar-refractivity contribution in [2.75, 3.05) is 32.1 Å². The van der Waals surface area contributed by atoms with Gasteiger partial charge in [0.25, 0.3) is 0 Å². The van der Waals surface area contributed by atoms with Gasteiger partial charge >= 0.3 is 6.03 Å². The zero-order chi connectivity index (χ0) is 16.8. The summed E-state index contributed by atoms with van der Waals surface area (Å²) in [6.45, 7) is 4.15. The summed E-state index contributed by atoms with van der Waals surface area (Å²) in [5.74, 6) is 0.212. The molecule has 1 fully saturated rings. The van der Waals surface area contributed by atoms with E-state index in [-0.39, 0.29) is 18.1 Å². The molecule has 0 radical (unpaired) electrons. The molecular formula is C18H29N3O2. The smallest absolute Gasteiger partial charge is 0.317 e. The Balaban J connectivity index is 1.89. The molecule has 0 aliphatic heterocycles. The van der Waals surface area contributed by atoms with Crippen molar-refractivity contribution in [1.82, 2.24) is 10.2 Å². The lowest BCUT2D eigenvalue weighted by molar-refractivity contribution is 0.114. The Morgan fingerprint density at radius 3 is 2.70 bits per heavy atom. The van der Waals surface area contributed by atoms with Crippen LogP contribution in [0.1, 0.15) is 31.7 Å². The van der Waals surface area contributed by atoms with Crippen LogP contribution in [0.25, 0.3) is 0 Å². The molecule has 0 bridgehead atoms. The highest BCUT2D eigenvalue weighted by molar-refractivity contribution is 5.74. The second-order valence-electron chi connectivity index (χ2n) is 6.44. The number of hydrogen-bond donors (Lipinski definition) is 2. The number of aliphatic hydroxyl groups is 1. The van der Waals surface area contributed by atoms with Gasteiger partial charge in [-0.25, -0.2) is 4.79 Å². The van der Waals surface area contributed by atoms with E-state index in [9.17, 15) is 9.90 Å². The van der Waals surface area contributed by atoms with Gasteiger partial charge in [0.1, 0.15) is 0 Å². The molecule has 23 heavy (non-hydrogen) atoms. The number of anilines is 1. The van der Waals surface area contributed by atoms with Gasteiger partial charge in [-0.2, -0.15) is 0 Å². The number of benzene rings is 1. The van der Waals surface area contributed by atoms with Crippen LogP contribution in [-0.2, 0) is 6.54 Å². The van der Waals surface area contributed by atoms with Crippen LogP contribution in [-0.4, -0.2) is 49.3 Å². The van der Waals surface area contributed by atoms with Crippen LogP contribution in [0.3, 0.4) is 0 Å². The number of carbonyl (C=O) groups excluding carboxylic acids is 1. The fourth-order valence-corrected chi connectivity index (χ4v) is 3.17. The summed E-state index contributed by atoms with van der Waals surface area (Å²) in [6.07, 6.45) is 2.65. The lowest BCUT2D eigenvalue weighted by Gasteiger charge is -2.25. The predicted octanol–water partition coefficient (Wildman–Crippen LogP) is 2.45. The van der Waals surface area contributed by atoms with Crippen molar-refractivity contribution in [2.24, 2.45) is 5.92 Å². The number of nitrogens with zero attached hydrogens (tertiary/aromatic N) is 2. The molecule has 5 nitrogen and oxygen atoms in total. The Hall–Kier alpha value is -1.75. The highest BCUT2D eigenvalue weighted by Gasteiger charge is 2.27. The lowest BCUT2D eigenvalue weighted by Crippen LogP contribution is -2.41. The van der Waals surface area contributed by atoms with Crippen molar-refractivity contribution >= 4 is 11.7 Å². The van der Waals surface area contributed by atoms with Crippen LogP contribution in [0, 0.1) is 5.92 Å². The maximum absolute atomic E-state index is 12.3. The molecule has 1 aromatic rings. The number of rotatable bonds is 6. The summed E-state index contributed by atoms with van der Waals surface area (Å²) >= 11 is 0. The van der Waals surface area contributed by atoms with Crippen molar-refractivity contribution in [3.05, 3.63) is 29.8 Å². The summed E-state index contributed by atoms with van der Waals surface area (Å²) in [5, 5.41) is 12.9. The molecule has 1 saturated carbocycles. The molecule has 0 heterocycles. The molecule has 1 aliphatic rings. The highest BCUT2D eigenvalue weighted by Crippen LogP contribution is 2.26. The fourth-order valence-electron chi connectivity index (χ4n) is 3.17. The van der Waals surface area contributed by atoms with Crippen LogP contribution < -0.4 is 10.2 Å². The first kappa shape index (κ1) is 17.6. The predicted molar refractivity (Wildman–Crippen MR) is 93.6 cm³/mol. The molecule has 1 aliphatic carbocycles. The maximum Gasteiger partial charge on any atom is 0.317 e. The van der Waals surface area contributed by atoms with Crippen molar-refractivity contribution in [2.45, 2.75) is 38.8 Å². The van der Waals surface area contributed by atoms with E-state index in [2.05, 4.69) is 23.2 Å². The number of carbonyl (C=O) groups is 1. The second kappa shape index (κ2) is 8.20. The molecular weight excluding hydrogens is 290 g/mol. The Morgan fingerprint density at radius 1 is 1.30 bits per heavy atom. The van der Waals surface area contributed by atoms with Crippen LogP contribution >= 0.6 is 0 Å². The number of para-hydroxylation sites is 1. The van der Waals surface area contributed by atoms with Crippen LogP contribution in [0.15, 0.2) is 24.3 Å². The first-order valence-corrected chi connectivity index (χ1v) is 8.49. The zero-order valence-corrected chi connectivity index (χ0v) is 14.5. The summed E-state index contributed by atoms with van der Waals surface area (Å²) in [6, 6.07) is 8.04. The Kier molecular flexibility index (Phi) is 6.28. The largest absolute Gasteiger partial charge is 0.393 e. The molecule has 2 atom stereocenters. The van der Waals surface area contributed by atoms with Crippen LogP contribution in [0.2, 0.25) is 0 Å². The summed E-state index contributed by atoms with van der Waals surface area (Å²) in [4.78, 5) is 16.1. The van der Waals surface area contributed by atoms with E-state index in [1.54, 1.807) is 11.9 Å². The quantitative estimate of drug-likeness (QED) is 0.847. The van der Waals surface area contributed by atoms with Crippen molar-refractivity contribution in [1.29, 1.82) is 0 Å². The molecule has 0 saturated heterocycles. The standard InChI is InChI=1S/C18H29N3O2/c1-4-20(2)16-10-6-5-8-14(16)12-19-18(23)21(3)13-15-9-7-11-17(15)22/h5-6,8,10,15,17,22H,4,7,9,11-13H2,1-3H3,(H,19,23)/t15-,17+/m0/s1. The average molecular weight is 319 g/mol. The fraction of sp³-hybridized carbons (Fsp3) is 0.611. The minimum Gasteiger partial charge on any atom is -0.393 e. The zero-order valence-electron chi connectivity index (χ0n) is 14.5.